The van der Waals surface area contributed by atoms with E-state index in [1.165, 1.54) is 16.7 Å². The zero-order chi connectivity index (χ0) is 14.2. The summed E-state index contributed by atoms with van der Waals surface area (Å²) in [6.45, 7) is 5.44. The second kappa shape index (κ2) is 4.95. The van der Waals surface area contributed by atoms with Crippen LogP contribution in [0, 0.1) is 0 Å². The highest BCUT2D eigenvalue weighted by atomic mass is 16.5. The normalized spacial score (nSPS) is 20.2. The molecule has 0 bridgehead atoms. The predicted molar refractivity (Wildman–Crippen MR) is 82.2 cm³/mol. The highest BCUT2D eigenvalue weighted by molar-refractivity contribution is 5.46. The molecule has 20 heavy (non-hydrogen) atoms. The lowest BCUT2D eigenvalue weighted by Gasteiger charge is -2.41. The van der Waals surface area contributed by atoms with Crippen molar-refractivity contribution in [3.63, 3.8) is 0 Å². The zero-order valence-electron chi connectivity index (χ0n) is 12.3. The number of nitrogens with one attached hydrogen (secondary N) is 1. The number of benzene rings is 2. The fourth-order valence-electron chi connectivity index (χ4n) is 3.20. The molecule has 2 heteroatoms. The minimum atomic E-state index is 0.0446. The highest BCUT2D eigenvalue weighted by Gasteiger charge is 2.36. The van der Waals surface area contributed by atoms with Crippen LogP contribution < -0.4 is 10.1 Å². The third-order valence-corrected chi connectivity index (χ3v) is 4.25. The van der Waals surface area contributed by atoms with Crippen LogP contribution in [0.15, 0.2) is 48.5 Å². The Morgan fingerprint density at radius 1 is 1.10 bits per heavy atom. The number of hydrogen-bond acceptors (Lipinski definition) is 2. The van der Waals surface area contributed by atoms with Gasteiger partial charge in [0.05, 0.1) is 7.11 Å². The van der Waals surface area contributed by atoms with Gasteiger partial charge >= 0.3 is 0 Å². The molecule has 0 aliphatic carbocycles. The smallest absolute Gasteiger partial charge is 0.119 e. The van der Waals surface area contributed by atoms with Crippen molar-refractivity contribution in [2.45, 2.75) is 31.8 Å². The molecule has 0 saturated carbocycles. The van der Waals surface area contributed by atoms with Gasteiger partial charge < -0.3 is 10.1 Å². The van der Waals surface area contributed by atoms with Gasteiger partial charge in [-0.15, -0.1) is 0 Å². The molecule has 0 saturated heterocycles. The number of fused-ring (bicyclic) bond motifs is 1. The van der Waals surface area contributed by atoms with Crippen LogP contribution in [0.5, 0.6) is 5.75 Å². The van der Waals surface area contributed by atoms with E-state index in [1.807, 2.05) is 0 Å². The Bertz CT molecular complexity index is 604. The lowest BCUT2D eigenvalue weighted by atomic mass is 9.73. The molecule has 1 aliphatic heterocycles. The first kappa shape index (κ1) is 13.2. The molecule has 104 valence electrons. The van der Waals surface area contributed by atoms with Crippen LogP contribution >= 0.6 is 0 Å². The molecule has 1 N–H and O–H groups in total. The fraction of sp³-hybridized carbons (Fsp3) is 0.333. The summed E-state index contributed by atoms with van der Waals surface area (Å²) in [6, 6.07) is 17.2. The maximum absolute atomic E-state index is 5.35. The van der Waals surface area contributed by atoms with Gasteiger partial charge in [0.2, 0.25) is 0 Å². The molecule has 0 amide bonds. The quantitative estimate of drug-likeness (QED) is 0.895. The van der Waals surface area contributed by atoms with Gasteiger partial charge in [-0.2, -0.15) is 0 Å². The molecule has 0 fully saturated rings. The van der Waals surface area contributed by atoms with E-state index >= 15 is 0 Å². The number of rotatable bonds is 2. The zero-order valence-corrected chi connectivity index (χ0v) is 12.3. The molecule has 0 spiro atoms. The Hall–Kier alpha value is -1.80. The van der Waals surface area contributed by atoms with Gasteiger partial charge in [-0.3, -0.25) is 0 Å². The number of methoxy groups -OCH3 is 1. The van der Waals surface area contributed by atoms with Crippen molar-refractivity contribution in [2.24, 2.45) is 0 Å². The summed E-state index contributed by atoms with van der Waals surface area (Å²) in [6.07, 6.45) is 0. The van der Waals surface area contributed by atoms with E-state index in [0.29, 0.717) is 5.92 Å². The van der Waals surface area contributed by atoms with Crippen molar-refractivity contribution >= 4 is 0 Å². The van der Waals surface area contributed by atoms with E-state index in [2.05, 4.69) is 67.7 Å². The van der Waals surface area contributed by atoms with Crippen LogP contribution in [0.25, 0.3) is 0 Å². The molecule has 2 aromatic rings. The Labute approximate surface area is 120 Å². The highest BCUT2D eigenvalue weighted by Crippen LogP contribution is 2.40. The Kier molecular flexibility index (Phi) is 3.27. The first-order valence-corrected chi connectivity index (χ1v) is 7.08. The minimum Gasteiger partial charge on any atom is -0.497 e. The van der Waals surface area contributed by atoms with Crippen molar-refractivity contribution in [3.8, 4) is 5.75 Å². The Balaban J connectivity index is 2.12. The van der Waals surface area contributed by atoms with Crippen molar-refractivity contribution in [1.29, 1.82) is 0 Å². The summed E-state index contributed by atoms with van der Waals surface area (Å²) in [7, 11) is 1.72. The maximum Gasteiger partial charge on any atom is 0.119 e. The monoisotopic (exact) mass is 267 g/mol. The molecular formula is C18H21NO. The van der Waals surface area contributed by atoms with Crippen LogP contribution in [0.4, 0.5) is 0 Å². The second-order valence-electron chi connectivity index (χ2n) is 5.98. The van der Waals surface area contributed by atoms with Crippen LogP contribution in [0.3, 0.4) is 0 Å². The van der Waals surface area contributed by atoms with Crippen LogP contribution in [-0.4, -0.2) is 12.6 Å². The Morgan fingerprint density at radius 3 is 2.55 bits per heavy atom. The van der Waals surface area contributed by atoms with Crippen LogP contribution in [0.2, 0.25) is 0 Å². The van der Waals surface area contributed by atoms with Crippen molar-refractivity contribution in [1.82, 2.24) is 5.32 Å². The van der Waals surface area contributed by atoms with Crippen molar-refractivity contribution in [2.75, 3.05) is 7.11 Å². The molecule has 2 aromatic carbocycles. The van der Waals surface area contributed by atoms with Gasteiger partial charge in [0, 0.05) is 18.0 Å². The average molecular weight is 267 g/mol. The Morgan fingerprint density at radius 2 is 1.85 bits per heavy atom. The molecule has 0 aromatic heterocycles. The largest absolute Gasteiger partial charge is 0.497 e. The number of hydrogen-bond donors (Lipinski definition) is 1. The van der Waals surface area contributed by atoms with Gasteiger partial charge in [-0.05, 0) is 42.7 Å². The summed E-state index contributed by atoms with van der Waals surface area (Å²) in [5.41, 5.74) is 4.14. The van der Waals surface area contributed by atoms with E-state index in [-0.39, 0.29) is 5.54 Å². The molecule has 3 rings (SSSR count). The average Bonchev–Trinajstić information content (AvgIpc) is 2.47. The second-order valence-corrected chi connectivity index (χ2v) is 5.98. The van der Waals surface area contributed by atoms with E-state index in [9.17, 15) is 0 Å². The maximum atomic E-state index is 5.35. The molecular weight excluding hydrogens is 246 g/mol. The fourth-order valence-corrected chi connectivity index (χ4v) is 3.20. The summed E-state index contributed by atoms with van der Waals surface area (Å²) < 4.78 is 5.35. The van der Waals surface area contributed by atoms with E-state index in [1.54, 1.807) is 7.11 Å². The summed E-state index contributed by atoms with van der Waals surface area (Å²) in [5.74, 6) is 1.29. The summed E-state index contributed by atoms with van der Waals surface area (Å²) in [5, 5.41) is 3.66. The molecule has 1 unspecified atom stereocenters. The van der Waals surface area contributed by atoms with Gasteiger partial charge in [-0.25, -0.2) is 0 Å². The lowest BCUT2D eigenvalue weighted by Crippen LogP contribution is -2.48. The van der Waals surface area contributed by atoms with E-state index < -0.39 is 0 Å². The lowest BCUT2D eigenvalue weighted by molar-refractivity contribution is 0.322. The van der Waals surface area contributed by atoms with Crippen LogP contribution in [-0.2, 0) is 6.54 Å². The van der Waals surface area contributed by atoms with E-state index in [0.717, 1.165) is 12.3 Å². The molecule has 1 aliphatic rings. The van der Waals surface area contributed by atoms with Gasteiger partial charge in [-0.1, -0.05) is 36.4 Å². The summed E-state index contributed by atoms with van der Waals surface area (Å²) >= 11 is 0. The molecule has 0 radical (unpaired) electrons. The first-order chi connectivity index (χ1) is 9.62. The van der Waals surface area contributed by atoms with Crippen LogP contribution in [0.1, 0.15) is 36.5 Å². The van der Waals surface area contributed by atoms with E-state index in [4.69, 9.17) is 4.74 Å². The number of ether oxygens (including phenoxy) is 1. The molecule has 2 nitrogen and oxygen atoms in total. The first-order valence-electron chi connectivity index (χ1n) is 7.08. The van der Waals surface area contributed by atoms with Gasteiger partial charge in [0.25, 0.3) is 0 Å². The minimum absolute atomic E-state index is 0.0446. The predicted octanol–water partition coefficient (Wildman–Crippen LogP) is 3.71. The third kappa shape index (κ3) is 2.20. The SMILES string of the molecule is COc1ccc2c(c1)CNC(C)(C)C2c1ccccc1. The molecule has 1 atom stereocenters. The third-order valence-electron chi connectivity index (χ3n) is 4.25. The van der Waals surface area contributed by atoms with Crippen molar-refractivity contribution < 1.29 is 4.74 Å². The topological polar surface area (TPSA) is 21.3 Å². The summed E-state index contributed by atoms with van der Waals surface area (Å²) in [4.78, 5) is 0. The van der Waals surface area contributed by atoms with Gasteiger partial charge in [0.1, 0.15) is 5.75 Å². The van der Waals surface area contributed by atoms with Crippen molar-refractivity contribution in [3.05, 3.63) is 65.2 Å². The van der Waals surface area contributed by atoms with Gasteiger partial charge in [0.15, 0.2) is 0 Å². The standard InChI is InChI=1S/C18H21NO/c1-18(2)17(13-7-5-4-6-8-13)16-10-9-15(20-3)11-14(16)12-19-18/h4-11,17,19H,12H2,1-3H3. The molecule has 1 heterocycles.